The van der Waals surface area contributed by atoms with E-state index in [2.05, 4.69) is 58.2 Å². The van der Waals surface area contributed by atoms with Crippen LogP contribution in [0.25, 0.3) is 0 Å². The van der Waals surface area contributed by atoms with E-state index < -0.39 is 0 Å². The van der Waals surface area contributed by atoms with Gasteiger partial charge in [-0.3, -0.25) is 0 Å². The third-order valence-corrected chi connectivity index (χ3v) is 4.78. The summed E-state index contributed by atoms with van der Waals surface area (Å²) in [6.07, 6.45) is 3.48. The highest BCUT2D eigenvalue weighted by Gasteiger charge is 2.31. The lowest BCUT2D eigenvalue weighted by atomic mass is 9.94. The highest BCUT2D eigenvalue weighted by molar-refractivity contribution is 9.10. The molecule has 1 aliphatic heterocycles. The zero-order valence-electron chi connectivity index (χ0n) is 13.4. The highest BCUT2D eigenvalue weighted by atomic mass is 79.9. The number of rotatable bonds is 6. The van der Waals surface area contributed by atoms with Gasteiger partial charge in [0, 0.05) is 36.9 Å². The lowest BCUT2D eigenvalue weighted by molar-refractivity contribution is -0.00468. The van der Waals surface area contributed by atoms with E-state index in [0.29, 0.717) is 0 Å². The summed E-state index contributed by atoms with van der Waals surface area (Å²) in [5, 5.41) is 3.51. The van der Waals surface area contributed by atoms with Crippen LogP contribution < -0.4 is 10.2 Å². The normalized spacial score (nSPS) is 22.6. The van der Waals surface area contributed by atoms with Gasteiger partial charge < -0.3 is 15.0 Å². The van der Waals surface area contributed by atoms with Crippen molar-refractivity contribution in [2.24, 2.45) is 0 Å². The van der Waals surface area contributed by atoms with Crippen LogP contribution in [-0.4, -0.2) is 32.3 Å². The summed E-state index contributed by atoms with van der Waals surface area (Å²) in [7, 11) is 1.83. The van der Waals surface area contributed by atoms with E-state index in [0.717, 1.165) is 43.5 Å². The Morgan fingerprint density at radius 3 is 2.95 bits per heavy atom. The number of nitrogens with zero attached hydrogens (tertiary/aromatic N) is 1. The van der Waals surface area contributed by atoms with Crippen LogP contribution in [0.1, 0.15) is 38.7 Å². The number of anilines is 1. The van der Waals surface area contributed by atoms with Gasteiger partial charge in [-0.1, -0.05) is 28.9 Å². The molecule has 1 N–H and O–H groups in total. The summed E-state index contributed by atoms with van der Waals surface area (Å²) in [6.45, 7) is 8.47. The Bertz CT molecular complexity index is 466. The van der Waals surface area contributed by atoms with E-state index in [9.17, 15) is 0 Å². The second-order valence-corrected chi connectivity index (χ2v) is 7.04. The number of methoxy groups -OCH3 is 1. The van der Waals surface area contributed by atoms with Crippen LogP contribution in [0, 0.1) is 0 Å². The average molecular weight is 355 g/mol. The van der Waals surface area contributed by atoms with Crippen LogP contribution >= 0.6 is 15.9 Å². The Morgan fingerprint density at radius 1 is 1.43 bits per heavy atom. The predicted octanol–water partition coefficient (Wildman–Crippen LogP) is 3.95. The molecule has 1 aliphatic rings. The van der Waals surface area contributed by atoms with E-state index in [1.54, 1.807) is 0 Å². The standard InChI is InChI=1S/C17H27BrN2O/c1-4-9-19-12-14-6-7-15(18)11-16(14)20-10-5-8-17(2,13-20)21-3/h6-7,11,19H,4-5,8-10,12-13H2,1-3H3. The molecular weight excluding hydrogens is 328 g/mol. The second-order valence-electron chi connectivity index (χ2n) is 6.13. The zero-order chi connectivity index (χ0) is 15.3. The van der Waals surface area contributed by atoms with Crippen molar-refractivity contribution in [1.82, 2.24) is 5.32 Å². The van der Waals surface area contributed by atoms with Crippen LogP contribution in [0.3, 0.4) is 0 Å². The maximum atomic E-state index is 5.73. The largest absolute Gasteiger partial charge is 0.377 e. The minimum atomic E-state index is -0.0331. The van der Waals surface area contributed by atoms with Gasteiger partial charge >= 0.3 is 0 Å². The van der Waals surface area contributed by atoms with Crippen molar-refractivity contribution in [1.29, 1.82) is 0 Å². The second kappa shape index (κ2) is 7.61. The van der Waals surface area contributed by atoms with E-state index in [4.69, 9.17) is 4.74 Å². The molecule has 0 radical (unpaired) electrons. The lowest BCUT2D eigenvalue weighted by Crippen LogP contribution is -2.47. The quantitative estimate of drug-likeness (QED) is 0.782. The number of hydrogen-bond donors (Lipinski definition) is 1. The number of hydrogen-bond acceptors (Lipinski definition) is 3. The van der Waals surface area contributed by atoms with Gasteiger partial charge in [0.05, 0.1) is 5.60 Å². The predicted molar refractivity (Wildman–Crippen MR) is 93.0 cm³/mol. The lowest BCUT2D eigenvalue weighted by Gasteiger charge is -2.41. The minimum absolute atomic E-state index is 0.0331. The zero-order valence-corrected chi connectivity index (χ0v) is 15.0. The molecule has 0 aromatic heterocycles. The van der Waals surface area contributed by atoms with Crippen molar-refractivity contribution in [2.45, 2.75) is 45.3 Å². The summed E-state index contributed by atoms with van der Waals surface area (Å²) in [5.74, 6) is 0. The first-order valence-corrected chi connectivity index (χ1v) is 8.66. The number of piperidine rings is 1. The molecule has 1 aromatic carbocycles. The van der Waals surface area contributed by atoms with Gasteiger partial charge in [-0.15, -0.1) is 0 Å². The number of benzene rings is 1. The molecule has 0 spiro atoms. The first-order valence-electron chi connectivity index (χ1n) is 7.87. The van der Waals surface area contributed by atoms with E-state index in [1.807, 2.05) is 7.11 Å². The summed E-state index contributed by atoms with van der Waals surface area (Å²) in [6, 6.07) is 6.59. The Morgan fingerprint density at radius 2 is 2.24 bits per heavy atom. The number of halogens is 1. The summed E-state index contributed by atoms with van der Waals surface area (Å²) < 4.78 is 6.87. The van der Waals surface area contributed by atoms with Gasteiger partial charge in [0.2, 0.25) is 0 Å². The molecule has 1 aromatic rings. The van der Waals surface area contributed by atoms with Gasteiger partial charge in [-0.25, -0.2) is 0 Å². The average Bonchev–Trinajstić information content (AvgIpc) is 2.49. The van der Waals surface area contributed by atoms with Crippen LogP contribution in [0.15, 0.2) is 22.7 Å². The molecule has 4 heteroatoms. The molecule has 1 fully saturated rings. The molecule has 118 valence electrons. The summed E-state index contributed by atoms with van der Waals surface area (Å²) in [5.41, 5.74) is 2.66. The summed E-state index contributed by atoms with van der Waals surface area (Å²) in [4.78, 5) is 2.47. The minimum Gasteiger partial charge on any atom is -0.377 e. The van der Waals surface area contributed by atoms with Gasteiger partial charge in [-0.2, -0.15) is 0 Å². The Kier molecular flexibility index (Phi) is 6.08. The number of ether oxygens (including phenoxy) is 1. The Balaban J connectivity index is 2.18. The third kappa shape index (κ3) is 4.44. The fourth-order valence-corrected chi connectivity index (χ4v) is 3.31. The molecular formula is C17H27BrN2O. The molecule has 3 nitrogen and oxygen atoms in total. The van der Waals surface area contributed by atoms with E-state index in [1.165, 1.54) is 17.7 Å². The maximum absolute atomic E-state index is 5.73. The van der Waals surface area contributed by atoms with Crippen LogP contribution in [0.4, 0.5) is 5.69 Å². The first kappa shape index (κ1) is 16.8. The first-order chi connectivity index (χ1) is 10.1. The SMILES string of the molecule is CCCNCc1ccc(Br)cc1N1CCCC(C)(OC)C1. The molecule has 1 heterocycles. The monoisotopic (exact) mass is 354 g/mol. The van der Waals surface area contributed by atoms with Gasteiger partial charge in [-0.05, 0) is 50.4 Å². The van der Waals surface area contributed by atoms with Crippen molar-refractivity contribution in [3.63, 3.8) is 0 Å². The van der Waals surface area contributed by atoms with Crippen LogP contribution in [-0.2, 0) is 11.3 Å². The van der Waals surface area contributed by atoms with E-state index >= 15 is 0 Å². The molecule has 0 aliphatic carbocycles. The van der Waals surface area contributed by atoms with E-state index in [-0.39, 0.29) is 5.60 Å². The van der Waals surface area contributed by atoms with Crippen molar-refractivity contribution in [3.05, 3.63) is 28.2 Å². The number of nitrogens with one attached hydrogen (secondary N) is 1. The van der Waals surface area contributed by atoms with Gasteiger partial charge in [0.25, 0.3) is 0 Å². The molecule has 2 rings (SSSR count). The fourth-order valence-electron chi connectivity index (χ4n) is 2.96. The van der Waals surface area contributed by atoms with Crippen molar-refractivity contribution in [3.8, 4) is 0 Å². The smallest absolute Gasteiger partial charge is 0.0825 e. The highest BCUT2D eigenvalue weighted by Crippen LogP contribution is 2.32. The Labute approximate surface area is 137 Å². The fraction of sp³-hybridized carbons (Fsp3) is 0.647. The van der Waals surface area contributed by atoms with Crippen molar-refractivity contribution >= 4 is 21.6 Å². The molecule has 21 heavy (non-hydrogen) atoms. The molecule has 0 saturated carbocycles. The van der Waals surface area contributed by atoms with Gasteiger partial charge in [0.15, 0.2) is 0 Å². The van der Waals surface area contributed by atoms with Crippen LogP contribution in [0.5, 0.6) is 0 Å². The molecule has 0 bridgehead atoms. The van der Waals surface area contributed by atoms with Crippen LogP contribution in [0.2, 0.25) is 0 Å². The van der Waals surface area contributed by atoms with Crippen molar-refractivity contribution in [2.75, 3.05) is 31.6 Å². The Hall–Kier alpha value is -0.580. The molecule has 0 amide bonds. The molecule has 1 saturated heterocycles. The molecule has 1 atom stereocenters. The summed E-state index contributed by atoms with van der Waals surface area (Å²) >= 11 is 3.61. The maximum Gasteiger partial charge on any atom is 0.0825 e. The van der Waals surface area contributed by atoms with Gasteiger partial charge in [0.1, 0.15) is 0 Å². The molecule has 1 unspecified atom stereocenters. The topological polar surface area (TPSA) is 24.5 Å². The third-order valence-electron chi connectivity index (χ3n) is 4.28. The van der Waals surface area contributed by atoms with Crippen molar-refractivity contribution < 1.29 is 4.74 Å².